The largest absolute Gasteiger partial charge is 0.467 e. The minimum Gasteiger partial charge on any atom is -0.467 e. The smallest absolute Gasteiger partial charge is 0.310 e. The molecule has 1 aliphatic heterocycles. The Hall–Kier alpha value is -1.56. The number of benzene rings is 1. The highest BCUT2D eigenvalue weighted by Crippen LogP contribution is 2.32. The van der Waals surface area contributed by atoms with E-state index in [9.17, 15) is 4.79 Å². The van der Waals surface area contributed by atoms with Gasteiger partial charge in [-0.25, -0.2) is 0 Å². The van der Waals surface area contributed by atoms with Crippen LogP contribution in [0.4, 0.5) is 0 Å². The first-order valence-corrected chi connectivity index (χ1v) is 7.73. The van der Waals surface area contributed by atoms with Gasteiger partial charge in [0.05, 0.1) is 13.0 Å². The SMILES string of the molecule is O=C(Cc1ccsc1)OCc1cc(Cl)cc2c1OCOC2. The van der Waals surface area contributed by atoms with Crippen LogP contribution in [0.2, 0.25) is 5.02 Å². The molecule has 0 unspecified atom stereocenters. The molecule has 1 aliphatic rings. The van der Waals surface area contributed by atoms with Crippen molar-refractivity contribution in [2.24, 2.45) is 0 Å². The van der Waals surface area contributed by atoms with Crippen molar-refractivity contribution < 1.29 is 19.0 Å². The first-order valence-electron chi connectivity index (χ1n) is 6.41. The third-order valence-corrected chi connectivity index (χ3v) is 4.02. The zero-order valence-electron chi connectivity index (χ0n) is 11.1. The predicted molar refractivity (Wildman–Crippen MR) is 79.6 cm³/mol. The van der Waals surface area contributed by atoms with Crippen LogP contribution in [0.1, 0.15) is 16.7 Å². The van der Waals surface area contributed by atoms with Crippen LogP contribution >= 0.6 is 22.9 Å². The highest BCUT2D eigenvalue weighted by Gasteiger charge is 2.17. The number of hydrogen-bond donors (Lipinski definition) is 0. The lowest BCUT2D eigenvalue weighted by Gasteiger charge is -2.21. The van der Waals surface area contributed by atoms with Crippen molar-refractivity contribution in [1.29, 1.82) is 0 Å². The maximum atomic E-state index is 11.8. The molecule has 1 aromatic heterocycles. The monoisotopic (exact) mass is 324 g/mol. The van der Waals surface area contributed by atoms with E-state index in [1.165, 1.54) is 0 Å². The number of carbonyl (C=O) groups is 1. The molecule has 1 aromatic carbocycles. The minimum atomic E-state index is -0.269. The number of rotatable bonds is 4. The fourth-order valence-electron chi connectivity index (χ4n) is 2.13. The molecule has 0 spiro atoms. The summed E-state index contributed by atoms with van der Waals surface area (Å²) in [6, 6.07) is 5.46. The zero-order chi connectivity index (χ0) is 14.7. The summed E-state index contributed by atoms with van der Waals surface area (Å²) in [4.78, 5) is 11.8. The van der Waals surface area contributed by atoms with Crippen LogP contribution in [-0.2, 0) is 33.9 Å². The van der Waals surface area contributed by atoms with Gasteiger partial charge < -0.3 is 14.2 Å². The fourth-order valence-corrected chi connectivity index (χ4v) is 3.07. The maximum Gasteiger partial charge on any atom is 0.310 e. The van der Waals surface area contributed by atoms with E-state index >= 15 is 0 Å². The van der Waals surface area contributed by atoms with Crippen molar-refractivity contribution in [3.63, 3.8) is 0 Å². The molecule has 0 aliphatic carbocycles. The second-order valence-corrected chi connectivity index (χ2v) is 5.85. The highest BCUT2D eigenvalue weighted by atomic mass is 35.5. The second kappa shape index (κ2) is 6.47. The highest BCUT2D eigenvalue weighted by molar-refractivity contribution is 7.07. The van der Waals surface area contributed by atoms with Crippen molar-refractivity contribution in [3.05, 3.63) is 50.7 Å². The summed E-state index contributed by atoms with van der Waals surface area (Å²) in [5.41, 5.74) is 2.60. The Balaban J connectivity index is 1.67. The number of carbonyl (C=O) groups excluding carboxylic acids is 1. The van der Waals surface area contributed by atoms with E-state index in [1.54, 1.807) is 23.5 Å². The van der Waals surface area contributed by atoms with Crippen LogP contribution in [-0.4, -0.2) is 12.8 Å². The molecular formula is C15H13ClO4S. The Kier molecular flexibility index (Phi) is 4.43. The summed E-state index contributed by atoms with van der Waals surface area (Å²) in [6.07, 6.45) is 0.274. The van der Waals surface area contributed by atoms with Crippen molar-refractivity contribution in [2.45, 2.75) is 19.6 Å². The van der Waals surface area contributed by atoms with E-state index in [4.69, 9.17) is 25.8 Å². The number of esters is 1. The van der Waals surface area contributed by atoms with Gasteiger partial charge in [0.15, 0.2) is 6.79 Å². The molecule has 110 valence electrons. The van der Waals surface area contributed by atoms with Gasteiger partial charge in [-0.05, 0) is 34.5 Å². The normalized spacial score (nSPS) is 13.4. The van der Waals surface area contributed by atoms with E-state index in [0.29, 0.717) is 17.4 Å². The molecule has 0 saturated carbocycles. The number of hydrogen-bond acceptors (Lipinski definition) is 5. The molecule has 0 amide bonds. The van der Waals surface area contributed by atoms with Gasteiger partial charge in [-0.15, -0.1) is 0 Å². The molecule has 0 N–H and O–H groups in total. The van der Waals surface area contributed by atoms with Crippen LogP contribution in [0.3, 0.4) is 0 Å². The van der Waals surface area contributed by atoms with E-state index < -0.39 is 0 Å². The Morgan fingerprint density at radius 3 is 3.14 bits per heavy atom. The number of fused-ring (bicyclic) bond motifs is 1. The molecule has 4 nitrogen and oxygen atoms in total. The fraction of sp³-hybridized carbons (Fsp3) is 0.267. The molecule has 0 bridgehead atoms. The van der Waals surface area contributed by atoms with Crippen LogP contribution in [0.25, 0.3) is 0 Å². The van der Waals surface area contributed by atoms with Gasteiger partial charge in [-0.1, -0.05) is 11.6 Å². The lowest BCUT2D eigenvalue weighted by Crippen LogP contribution is -2.14. The quantitative estimate of drug-likeness (QED) is 0.807. The summed E-state index contributed by atoms with van der Waals surface area (Å²) in [6.45, 7) is 0.794. The first-order chi connectivity index (χ1) is 10.2. The topological polar surface area (TPSA) is 44.8 Å². The molecule has 0 fully saturated rings. The second-order valence-electron chi connectivity index (χ2n) is 4.63. The van der Waals surface area contributed by atoms with Crippen LogP contribution < -0.4 is 4.74 Å². The number of ether oxygens (including phenoxy) is 3. The van der Waals surface area contributed by atoms with E-state index in [1.807, 2.05) is 16.8 Å². The first kappa shape index (κ1) is 14.4. The van der Waals surface area contributed by atoms with Crippen molar-refractivity contribution in [2.75, 3.05) is 6.79 Å². The van der Waals surface area contributed by atoms with Crippen LogP contribution in [0, 0.1) is 0 Å². The van der Waals surface area contributed by atoms with Gasteiger partial charge in [-0.2, -0.15) is 11.3 Å². The van der Waals surface area contributed by atoms with E-state index in [2.05, 4.69) is 0 Å². The van der Waals surface area contributed by atoms with Crippen LogP contribution in [0.15, 0.2) is 29.0 Å². The standard InChI is InChI=1S/C15H13ClO4S/c16-13-4-11-6-18-9-20-15(11)12(5-13)7-19-14(17)3-10-1-2-21-8-10/h1-2,4-5,8H,3,6-7,9H2. The van der Waals surface area contributed by atoms with Gasteiger partial charge in [0.25, 0.3) is 0 Å². The van der Waals surface area contributed by atoms with Crippen molar-refractivity contribution >= 4 is 28.9 Å². The molecular weight excluding hydrogens is 312 g/mol. The molecule has 0 saturated heterocycles. The van der Waals surface area contributed by atoms with Gasteiger partial charge in [0.1, 0.15) is 12.4 Å². The van der Waals surface area contributed by atoms with E-state index in [0.717, 1.165) is 16.7 Å². The average molecular weight is 325 g/mol. The summed E-state index contributed by atoms with van der Waals surface area (Å²) >= 11 is 7.62. The Morgan fingerprint density at radius 1 is 1.43 bits per heavy atom. The Morgan fingerprint density at radius 2 is 2.33 bits per heavy atom. The Bertz CT molecular complexity index is 639. The third kappa shape index (κ3) is 3.56. The zero-order valence-corrected chi connectivity index (χ0v) is 12.7. The predicted octanol–water partition coefficient (Wildman–Crippen LogP) is 3.55. The van der Waals surface area contributed by atoms with Crippen molar-refractivity contribution in [3.8, 4) is 5.75 Å². The minimum absolute atomic E-state index is 0.145. The van der Waals surface area contributed by atoms with Gasteiger partial charge in [-0.3, -0.25) is 4.79 Å². The van der Waals surface area contributed by atoms with E-state index in [-0.39, 0.29) is 25.8 Å². The van der Waals surface area contributed by atoms with Gasteiger partial charge >= 0.3 is 5.97 Å². The average Bonchev–Trinajstić information content (AvgIpc) is 2.97. The third-order valence-electron chi connectivity index (χ3n) is 3.07. The molecule has 3 rings (SSSR count). The summed E-state index contributed by atoms with van der Waals surface area (Å²) in [5.74, 6) is 0.433. The number of thiophene rings is 1. The van der Waals surface area contributed by atoms with Crippen LogP contribution in [0.5, 0.6) is 5.75 Å². The Labute approximate surface area is 131 Å². The lowest BCUT2D eigenvalue weighted by atomic mass is 10.1. The summed E-state index contributed by atoms with van der Waals surface area (Å²) in [5, 5.41) is 4.44. The molecule has 21 heavy (non-hydrogen) atoms. The summed E-state index contributed by atoms with van der Waals surface area (Å²) in [7, 11) is 0. The molecule has 6 heteroatoms. The number of halogens is 1. The molecule has 2 heterocycles. The maximum absolute atomic E-state index is 11.8. The molecule has 2 aromatic rings. The summed E-state index contributed by atoms with van der Waals surface area (Å²) < 4.78 is 16.0. The lowest BCUT2D eigenvalue weighted by molar-refractivity contribution is -0.144. The van der Waals surface area contributed by atoms with Crippen molar-refractivity contribution in [1.82, 2.24) is 0 Å². The van der Waals surface area contributed by atoms with Gasteiger partial charge in [0, 0.05) is 16.1 Å². The molecule has 0 atom stereocenters. The van der Waals surface area contributed by atoms with Gasteiger partial charge in [0.2, 0.25) is 0 Å². The molecule has 0 radical (unpaired) electrons.